The van der Waals surface area contributed by atoms with Gasteiger partial charge in [-0.2, -0.15) is 0 Å². The van der Waals surface area contributed by atoms with Crippen molar-refractivity contribution in [2.24, 2.45) is 0 Å². The van der Waals surface area contributed by atoms with Gasteiger partial charge in [0.15, 0.2) is 0 Å². The van der Waals surface area contributed by atoms with Crippen molar-refractivity contribution < 1.29 is 9.53 Å². The highest BCUT2D eigenvalue weighted by molar-refractivity contribution is 5.88. The van der Waals surface area contributed by atoms with E-state index in [0.717, 1.165) is 25.2 Å². The molecule has 1 fully saturated rings. The first kappa shape index (κ1) is 12.9. The quantitative estimate of drug-likeness (QED) is 0.890. The van der Waals surface area contributed by atoms with Crippen molar-refractivity contribution in [3.63, 3.8) is 0 Å². The average molecular weight is 248 g/mol. The van der Waals surface area contributed by atoms with Crippen molar-refractivity contribution in [3.05, 3.63) is 29.8 Å². The molecule has 1 amide bonds. The summed E-state index contributed by atoms with van der Waals surface area (Å²) in [5.41, 5.74) is 2.13. The minimum atomic E-state index is -0.241. The fourth-order valence-corrected chi connectivity index (χ4v) is 1.90. The highest BCUT2D eigenvalue weighted by Gasteiger charge is 2.20. The molecule has 1 heterocycles. The smallest absolute Gasteiger partial charge is 0.414 e. The first-order valence-corrected chi connectivity index (χ1v) is 6.43. The SMILES string of the molecule is CC(C)NCc1ccc(N2CCCOC2=O)cc1. The molecule has 1 aliphatic rings. The molecule has 1 aromatic rings. The number of ether oxygens (including phenoxy) is 1. The van der Waals surface area contributed by atoms with Crippen LogP contribution in [0.1, 0.15) is 25.8 Å². The van der Waals surface area contributed by atoms with E-state index in [1.165, 1.54) is 5.56 Å². The fourth-order valence-electron chi connectivity index (χ4n) is 1.90. The molecule has 1 aliphatic heterocycles. The van der Waals surface area contributed by atoms with Crippen LogP contribution < -0.4 is 10.2 Å². The van der Waals surface area contributed by atoms with E-state index < -0.39 is 0 Å². The van der Waals surface area contributed by atoms with E-state index in [4.69, 9.17) is 4.74 Å². The fraction of sp³-hybridized carbons (Fsp3) is 0.500. The second kappa shape index (κ2) is 5.87. The molecule has 0 saturated carbocycles. The Bertz CT molecular complexity index is 401. The number of amides is 1. The summed E-state index contributed by atoms with van der Waals surface area (Å²) in [7, 11) is 0. The van der Waals surface area contributed by atoms with Gasteiger partial charge in [-0.3, -0.25) is 4.90 Å². The number of hydrogen-bond acceptors (Lipinski definition) is 3. The molecule has 0 aliphatic carbocycles. The van der Waals surface area contributed by atoms with E-state index in [0.29, 0.717) is 12.6 Å². The van der Waals surface area contributed by atoms with Crippen molar-refractivity contribution in [2.45, 2.75) is 32.9 Å². The maximum atomic E-state index is 11.6. The Balaban J connectivity index is 2.00. The van der Waals surface area contributed by atoms with Crippen LogP contribution in [0.25, 0.3) is 0 Å². The first-order chi connectivity index (χ1) is 8.66. The molecule has 0 radical (unpaired) electrons. The molecule has 4 heteroatoms. The number of carbonyl (C=O) groups is 1. The van der Waals surface area contributed by atoms with Crippen molar-refractivity contribution in [2.75, 3.05) is 18.1 Å². The van der Waals surface area contributed by atoms with E-state index >= 15 is 0 Å². The van der Waals surface area contributed by atoms with Gasteiger partial charge in [0.2, 0.25) is 0 Å². The van der Waals surface area contributed by atoms with Gasteiger partial charge >= 0.3 is 6.09 Å². The number of cyclic esters (lactones) is 1. The summed E-state index contributed by atoms with van der Waals surface area (Å²) in [6.07, 6.45) is 0.650. The molecule has 0 spiro atoms. The zero-order valence-electron chi connectivity index (χ0n) is 11.0. The van der Waals surface area contributed by atoms with Gasteiger partial charge in [-0.15, -0.1) is 0 Å². The van der Waals surface area contributed by atoms with Crippen LogP contribution in [0.3, 0.4) is 0 Å². The molecule has 4 nitrogen and oxygen atoms in total. The van der Waals surface area contributed by atoms with E-state index in [9.17, 15) is 4.79 Å². The highest BCUT2D eigenvalue weighted by Crippen LogP contribution is 2.19. The monoisotopic (exact) mass is 248 g/mol. The summed E-state index contributed by atoms with van der Waals surface area (Å²) in [5.74, 6) is 0. The molecule has 0 aromatic heterocycles. The normalized spacial score (nSPS) is 15.9. The molecular formula is C14H20N2O2. The maximum absolute atomic E-state index is 11.6. The van der Waals surface area contributed by atoms with E-state index in [1.54, 1.807) is 4.90 Å². The molecule has 1 saturated heterocycles. The van der Waals surface area contributed by atoms with Gasteiger partial charge in [0, 0.05) is 24.8 Å². The Kier molecular flexibility index (Phi) is 4.20. The van der Waals surface area contributed by atoms with Crippen LogP contribution in [0, 0.1) is 0 Å². The number of rotatable bonds is 4. The third kappa shape index (κ3) is 3.23. The van der Waals surface area contributed by atoms with Gasteiger partial charge in [-0.05, 0) is 24.1 Å². The van der Waals surface area contributed by atoms with Crippen molar-refractivity contribution in [3.8, 4) is 0 Å². The van der Waals surface area contributed by atoms with Crippen LogP contribution in [-0.4, -0.2) is 25.3 Å². The largest absolute Gasteiger partial charge is 0.449 e. The lowest BCUT2D eigenvalue weighted by Crippen LogP contribution is -2.37. The molecule has 1 aromatic carbocycles. The second-order valence-electron chi connectivity index (χ2n) is 4.82. The van der Waals surface area contributed by atoms with Crippen LogP contribution >= 0.6 is 0 Å². The number of carbonyl (C=O) groups excluding carboxylic acids is 1. The molecule has 0 atom stereocenters. The van der Waals surface area contributed by atoms with Gasteiger partial charge in [-0.1, -0.05) is 26.0 Å². The zero-order valence-corrected chi connectivity index (χ0v) is 11.0. The summed E-state index contributed by atoms with van der Waals surface area (Å²) in [6, 6.07) is 8.52. The predicted molar refractivity (Wildman–Crippen MR) is 71.7 cm³/mol. The third-order valence-corrected chi connectivity index (χ3v) is 2.93. The molecular weight excluding hydrogens is 228 g/mol. The van der Waals surface area contributed by atoms with Crippen molar-refractivity contribution in [1.82, 2.24) is 5.32 Å². The topological polar surface area (TPSA) is 41.6 Å². The maximum Gasteiger partial charge on any atom is 0.414 e. The van der Waals surface area contributed by atoms with E-state index in [1.807, 2.05) is 24.3 Å². The standard InChI is InChI=1S/C14H20N2O2/c1-11(2)15-10-12-4-6-13(7-5-12)16-8-3-9-18-14(16)17/h4-7,11,15H,3,8-10H2,1-2H3. The van der Waals surface area contributed by atoms with Gasteiger partial charge in [0.05, 0.1) is 6.61 Å². The lowest BCUT2D eigenvalue weighted by atomic mass is 10.2. The summed E-state index contributed by atoms with van der Waals surface area (Å²) in [6.45, 7) is 6.37. The molecule has 0 unspecified atom stereocenters. The highest BCUT2D eigenvalue weighted by atomic mass is 16.6. The van der Waals surface area contributed by atoms with Crippen LogP contribution in [0.15, 0.2) is 24.3 Å². The van der Waals surface area contributed by atoms with Gasteiger partial charge in [0.25, 0.3) is 0 Å². The Morgan fingerprint density at radius 1 is 1.33 bits per heavy atom. The minimum Gasteiger partial charge on any atom is -0.449 e. The number of nitrogens with zero attached hydrogens (tertiary/aromatic N) is 1. The third-order valence-electron chi connectivity index (χ3n) is 2.93. The molecule has 18 heavy (non-hydrogen) atoms. The van der Waals surface area contributed by atoms with Crippen LogP contribution in [0.2, 0.25) is 0 Å². The summed E-state index contributed by atoms with van der Waals surface area (Å²) in [4.78, 5) is 13.3. The summed E-state index contributed by atoms with van der Waals surface area (Å²) >= 11 is 0. The Morgan fingerprint density at radius 2 is 2.06 bits per heavy atom. The van der Waals surface area contributed by atoms with E-state index in [-0.39, 0.29) is 6.09 Å². The average Bonchev–Trinajstić information content (AvgIpc) is 2.38. The van der Waals surface area contributed by atoms with Gasteiger partial charge < -0.3 is 10.1 Å². The molecule has 98 valence electrons. The van der Waals surface area contributed by atoms with Crippen molar-refractivity contribution in [1.29, 1.82) is 0 Å². The van der Waals surface area contributed by atoms with Crippen molar-refractivity contribution >= 4 is 11.8 Å². The lowest BCUT2D eigenvalue weighted by molar-refractivity contribution is 0.140. The minimum absolute atomic E-state index is 0.241. The van der Waals surface area contributed by atoms with Gasteiger partial charge in [0.1, 0.15) is 0 Å². The van der Waals surface area contributed by atoms with Crippen LogP contribution in [-0.2, 0) is 11.3 Å². The summed E-state index contributed by atoms with van der Waals surface area (Å²) in [5, 5.41) is 3.36. The number of benzene rings is 1. The second-order valence-corrected chi connectivity index (χ2v) is 4.82. The Morgan fingerprint density at radius 3 is 2.67 bits per heavy atom. The van der Waals surface area contributed by atoms with Crippen LogP contribution in [0.4, 0.5) is 10.5 Å². The molecule has 2 rings (SSSR count). The van der Waals surface area contributed by atoms with Crippen LogP contribution in [0.5, 0.6) is 0 Å². The lowest BCUT2D eigenvalue weighted by Gasteiger charge is -2.26. The predicted octanol–water partition coefficient (Wildman–Crippen LogP) is 2.53. The molecule has 1 N–H and O–H groups in total. The number of hydrogen-bond donors (Lipinski definition) is 1. The summed E-state index contributed by atoms with van der Waals surface area (Å²) < 4.78 is 5.03. The number of nitrogens with one attached hydrogen (secondary N) is 1. The zero-order chi connectivity index (χ0) is 13.0. The molecule has 0 bridgehead atoms. The first-order valence-electron chi connectivity index (χ1n) is 6.43. The van der Waals surface area contributed by atoms with Gasteiger partial charge in [-0.25, -0.2) is 4.79 Å². The Hall–Kier alpha value is -1.55. The Labute approximate surface area is 108 Å². The number of anilines is 1. The van der Waals surface area contributed by atoms with E-state index in [2.05, 4.69) is 19.2 Å².